The number of carbonyl (C=O) groups excluding carboxylic acids is 1. The minimum Gasteiger partial charge on any atom is -0.492 e. The molecule has 0 aliphatic heterocycles. The predicted octanol–water partition coefficient (Wildman–Crippen LogP) is 4.66. The first-order valence-electron chi connectivity index (χ1n) is 7.83. The van der Waals surface area contributed by atoms with E-state index in [0.717, 1.165) is 13.3 Å². The molecule has 150 valence electrons. The number of nitrogens with one attached hydrogen (secondary N) is 1. The molecule has 0 amide bonds. The first kappa shape index (κ1) is 20.5. The number of fused-ring (bicyclic) bond motifs is 1. The summed E-state index contributed by atoms with van der Waals surface area (Å²) in [5.74, 6) is -2.29. The number of nitro groups is 1. The fraction of sp³-hybridized carbons (Fsp3) is 0.118. The lowest BCUT2D eigenvalue weighted by Gasteiger charge is -2.14. The van der Waals surface area contributed by atoms with E-state index in [9.17, 15) is 19.3 Å². The van der Waals surface area contributed by atoms with E-state index >= 15 is 0 Å². The Balaban J connectivity index is 2.30. The van der Waals surface area contributed by atoms with Gasteiger partial charge in [0.1, 0.15) is 17.5 Å². The van der Waals surface area contributed by atoms with Crippen LogP contribution in [0.15, 0.2) is 24.5 Å². The molecule has 2 aromatic carbocycles. The molecule has 3 rings (SSSR count). The molecule has 0 aliphatic rings. The number of benzene rings is 2. The highest BCUT2D eigenvalue weighted by atomic mass is 35.5. The first-order valence-corrected chi connectivity index (χ1v) is 8.59. The van der Waals surface area contributed by atoms with E-state index in [1.165, 1.54) is 25.3 Å². The van der Waals surface area contributed by atoms with Crippen molar-refractivity contribution in [3.63, 3.8) is 0 Å². The third kappa shape index (κ3) is 3.84. The van der Waals surface area contributed by atoms with E-state index in [0.29, 0.717) is 0 Å². The first-order chi connectivity index (χ1) is 13.7. The highest BCUT2D eigenvalue weighted by Crippen LogP contribution is 2.45. The number of hydrogen-bond donors (Lipinski definition) is 1. The molecule has 0 spiro atoms. The zero-order valence-corrected chi connectivity index (χ0v) is 16.3. The van der Waals surface area contributed by atoms with Crippen molar-refractivity contribution in [2.75, 3.05) is 12.4 Å². The third-order valence-electron chi connectivity index (χ3n) is 3.76. The van der Waals surface area contributed by atoms with E-state index < -0.39 is 28.1 Å². The van der Waals surface area contributed by atoms with Crippen LogP contribution in [0.1, 0.15) is 6.92 Å². The Morgan fingerprint density at radius 3 is 2.66 bits per heavy atom. The van der Waals surface area contributed by atoms with Gasteiger partial charge in [-0.05, 0) is 12.1 Å². The quantitative estimate of drug-likeness (QED) is 0.200. The van der Waals surface area contributed by atoms with Gasteiger partial charge in [-0.25, -0.2) is 14.4 Å². The van der Waals surface area contributed by atoms with Crippen molar-refractivity contribution in [2.45, 2.75) is 6.92 Å². The van der Waals surface area contributed by atoms with Crippen molar-refractivity contribution >= 4 is 57.3 Å². The van der Waals surface area contributed by atoms with Crippen molar-refractivity contribution in [3.8, 4) is 11.5 Å². The van der Waals surface area contributed by atoms with Crippen LogP contribution >= 0.6 is 23.2 Å². The fourth-order valence-electron chi connectivity index (χ4n) is 2.58. The van der Waals surface area contributed by atoms with Gasteiger partial charge in [0.15, 0.2) is 11.6 Å². The molecule has 12 heteroatoms. The third-order valence-corrected chi connectivity index (χ3v) is 4.54. The normalized spacial score (nSPS) is 10.7. The molecule has 0 aliphatic carbocycles. The van der Waals surface area contributed by atoms with Crippen molar-refractivity contribution in [1.82, 2.24) is 9.97 Å². The second kappa shape index (κ2) is 8.02. The lowest BCUT2D eigenvalue weighted by Crippen LogP contribution is -2.08. The monoisotopic (exact) mass is 440 g/mol. The van der Waals surface area contributed by atoms with Gasteiger partial charge in [-0.2, -0.15) is 0 Å². The second-order valence-corrected chi connectivity index (χ2v) is 6.36. The van der Waals surface area contributed by atoms with Crippen LogP contribution in [-0.4, -0.2) is 28.0 Å². The van der Waals surface area contributed by atoms with E-state index in [1.54, 1.807) is 0 Å². The molecule has 1 aromatic heterocycles. The van der Waals surface area contributed by atoms with Gasteiger partial charge in [0.05, 0.1) is 33.3 Å². The summed E-state index contributed by atoms with van der Waals surface area (Å²) in [7, 11) is 1.25. The van der Waals surface area contributed by atoms with Crippen molar-refractivity contribution in [2.24, 2.45) is 0 Å². The van der Waals surface area contributed by atoms with Crippen LogP contribution < -0.4 is 14.8 Å². The number of aromatic nitrogens is 2. The van der Waals surface area contributed by atoms with Crippen LogP contribution in [0.3, 0.4) is 0 Å². The van der Waals surface area contributed by atoms with Gasteiger partial charge in [0.2, 0.25) is 0 Å². The van der Waals surface area contributed by atoms with Gasteiger partial charge >= 0.3 is 11.7 Å². The van der Waals surface area contributed by atoms with Gasteiger partial charge in [-0.15, -0.1) is 0 Å². The molecule has 1 N–H and O–H groups in total. The molecule has 0 saturated carbocycles. The maximum Gasteiger partial charge on any atom is 0.328 e. The number of methoxy groups -OCH3 is 1. The maximum atomic E-state index is 14.4. The van der Waals surface area contributed by atoms with Crippen LogP contribution in [-0.2, 0) is 4.79 Å². The van der Waals surface area contributed by atoms with E-state index in [4.69, 9.17) is 32.7 Å². The molecule has 0 radical (unpaired) electrons. The number of halogens is 3. The van der Waals surface area contributed by atoms with Crippen LogP contribution in [0, 0.1) is 15.9 Å². The minimum atomic E-state index is -0.873. The Hall–Kier alpha value is -3.24. The van der Waals surface area contributed by atoms with Crippen molar-refractivity contribution < 1.29 is 23.6 Å². The smallest absolute Gasteiger partial charge is 0.328 e. The SMILES string of the molecule is COc1cc2ncnc(Nc3ccc(Cl)c(Cl)c3F)c2c([N+](=O)[O-])c1OC(C)=O. The summed E-state index contributed by atoms with van der Waals surface area (Å²) in [5.41, 5.74) is -0.654. The van der Waals surface area contributed by atoms with Gasteiger partial charge in [0, 0.05) is 13.0 Å². The molecule has 29 heavy (non-hydrogen) atoms. The molecule has 0 bridgehead atoms. The molecular weight excluding hydrogens is 430 g/mol. The highest BCUT2D eigenvalue weighted by Gasteiger charge is 2.30. The van der Waals surface area contributed by atoms with E-state index in [1.807, 2.05) is 0 Å². The Bertz CT molecular complexity index is 1160. The number of hydrogen-bond acceptors (Lipinski definition) is 8. The number of anilines is 2. The summed E-state index contributed by atoms with van der Waals surface area (Å²) in [4.78, 5) is 30.5. The van der Waals surface area contributed by atoms with Crippen LogP contribution in [0.5, 0.6) is 11.5 Å². The minimum absolute atomic E-state index is 0.00452. The fourth-order valence-corrected chi connectivity index (χ4v) is 2.89. The number of nitrogens with zero attached hydrogens (tertiary/aromatic N) is 3. The zero-order chi connectivity index (χ0) is 21.3. The van der Waals surface area contributed by atoms with E-state index in [-0.39, 0.29) is 38.2 Å². The van der Waals surface area contributed by atoms with Gasteiger partial charge in [-0.1, -0.05) is 23.2 Å². The van der Waals surface area contributed by atoms with Crippen LogP contribution in [0.25, 0.3) is 10.9 Å². The number of rotatable bonds is 5. The van der Waals surface area contributed by atoms with Crippen molar-refractivity contribution in [1.29, 1.82) is 0 Å². The topological polar surface area (TPSA) is 116 Å². The largest absolute Gasteiger partial charge is 0.492 e. The number of ether oxygens (including phenoxy) is 2. The Kier molecular flexibility index (Phi) is 5.66. The van der Waals surface area contributed by atoms with Crippen LogP contribution in [0.4, 0.5) is 21.6 Å². The van der Waals surface area contributed by atoms with E-state index in [2.05, 4.69) is 15.3 Å². The molecule has 0 atom stereocenters. The average molecular weight is 441 g/mol. The Labute approximate surface area is 172 Å². The molecule has 0 fully saturated rings. The van der Waals surface area contributed by atoms with Gasteiger partial charge in [0.25, 0.3) is 5.75 Å². The summed E-state index contributed by atoms with van der Waals surface area (Å²) in [6.07, 6.45) is 1.12. The van der Waals surface area contributed by atoms with Gasteiger partial charge < -0.3 is 14.8 Å². The molecule has 0 saturated heterocycles. The lowest BCUT2D eigenvalue weighted by atomic mass is 10.1. The number of esters is 1. The molecule has 1 heterocycles. The standard InChI is InChI=1S/C17H11Cl2FN4O5/c1-7(25)29-16-11(28-2)5-10-12(15(16)24(26)27)17(22-6-21-10)23-9-4-3-8(18)13(19)14(9)20/h3-6H,1-2H3,(H,21,22,23). The lowest BCUT2D eigenvalue weighted by molar-refractivity contribution is -0.383. The molecular formula is C17H11Cl2FN4O5. The number of carbonyl (C=O) groups is 1. The zero-order valence-electron chi connectivity index (χ0n) is 14.8. The summed E-state index contributed by atoms with van der Waals surface area (Å²) >= 11 is 11.6. The summed E-state index contributed by atoms with van der Waals surface area (Å²) in [6, 6.07) is 3.97. The van der Waals surface area contributed by atoms with Crippen LogP contribution in [0.2, 0.25) is 10.0 Å². The maximum absolute atomic E-state index is 14.4. The molecule has 9 nitrogen and oxygen atoms in total. The Morgan fingerprint density at radius 2 is 2.03 bits per heavy atom. The van der Waals surface area contributed by atoms with Gasteiger partial charge in [-0.3, -0.25) is 14.9 Å². The highest BCUT2D eigenvalue weighted by molar-refractivity contribution is 6.42. The van der Waals surface area contributed by atoms with Crippen molar-refractivity contribution in [3.05, 3.63) is 50.5 Å². The molecule has 0 unspecified atom stereocenters. The number of nitro benzene ring substituents is 1. The summed E-state index contributed by atoms with van der Waals surface area (Å²) in [6.45, 7) is 1.08. The summed E-state index contributed by atoms with van der Waals surface area (Å²) < 4.78 is 24.5. The average Bonchev–Trinajstić information content (AvgIpc) is 2.67. The Morgan fingerprint density at radius 1 is 1.31 bits per heavy atom. The molecule has 3 aromatic rings. The predicted molar refractivity (Wildman–Crippen MR) is 104 cm³/mol. The summed E-state index contributed by atoms with van der Waals surface area (Å²) in [5, 5.41) is 14.0. The second-order valence-electron chi connectivity index (χ2n) is 5.57.